The number of carbonyl (C=O) groups is 2. The Bertz CT molecular complexity index is 1990. The Morgan fingerprint density at radius 2 is 1.70 bits per heavy atom. The van der Waals surface area contributed by atoms with Crippen LogP contribution in [0.1, 0.15) is 37.7 Å². The molecule has 2 amide bonds. The number of para-hydroxylation sites is 1. The summed E-state index contributed by atoms with van der Waals surface area (Å²) in [6, 6.07) is 17.1. The molecule has 9 nitrogen and oxygen atoms in total. The van der Waals surface area contributed by atoms with E-state index in [1.807, 2.05) is 13.0 Å². The number of amides is 2. The van der Waals surface area contributed by atoms with E-state index in [1.54, 1.807) is 30.3 Å². The number of aromatic nitrogens is 2. The molecule has 0 aliphatic rings. The van der Waals surface area contributed by atoms with Crippen molar-refractivity contribution in [2.24, 2.45) is 0 Å². The van der Waals surface area contributed by atoms with Crippen molar-refractivity contribution in [3.63, 3.8) is 0 Å². The van der Waals surface area contributed by atoms with Crippen LogP contribution in [-0.2, 0) is 21.8 Å². The third-order valence-corrected chi connectivity index (χ3v) is 7.89. The second-order valence-electron chi connectivity index (χ2n) is 9.39. The van der Waals surface area contributed by atoms with E-state index in [1.165, 1.54) is 18.2 Å². The molecule has 2 N–H and O–H groups in total. The molecular weight excluding hydrogens is 609 g/mol. The van der Waals surface area contributed by atoms with Crippen LogP contribution in [0.25, 0.3) is 11.0 Å². The predicted molar refractivity (Wildman–Crippen MR) is 153 cm³/mol. The molecule has 0 fully saturated rings. The van der Waals surface area contributed by atoms with Gasteiger partial charge in [-0.25, -0.2) is 18.4 Å². The van der Waals surface area contributed by atoms with Crippen LogP contribution >= 0.6 is 11.6 Å². The lowest BCUT2D eigenvalue weighted by molar-refractivity contribution is -0.137. The topological polar surface area (TPSA) is 131 Å². The molecule has 0 aliphatic heterocycles. The number of anilines is 2. The molecule has 5 aromatic rings. The van der Waals surface area contributed by atoms with Gasteiger partial charge in [0, 0.05) is 11.1 Å². The van der Waals surface area contributed by atoms with Gasteiger partial charge in [-0.15, -0.1) is 0 Å². The summed E-state index contributed by atoms with van der Waals surface area (Å²) in [6.07, 6.45) is -3.66. The van der Waals surface area contributed by atoms with E-state index in [0.717, 1.165) is 30.0 Å². The third-order valence-electron chi connectivity index (χ3n) is 6.14. The van der Waals surface area contributed by atoms with Crippen LogP contribution < -0.4 is 10.6 Å². The number of rotatable bonds is 7. The summed E-state index contributed by atoms with van der Waals surface area (Å²) in [7, 11) is -4.09. The largest absolute Gasteiger partial charge is 0.449 e. The molecule has 0 radical (unpaired) electrons. The van der Waals surface area contributed by atoms with E-state index in [2.05, 4.69) is 20.6 Å². The van der Waals surface area contributed by atoms with Crippen LogP contribution in [0, 0.1) is 6.92 Å². The van der Waals surface area contributed by atoms with Gasteiger partial charge < -0.3 is 15.1 Å². The van der Waals surface area contributed by atoms with Gasteiger partial charge >= 0.3 is 6.18 Å². The van der Waals surface area contributed by atoms with Gasteiger partial charge in [0.2, 0.25) is 20.8 Å². The van der Waals surface area contributed by atoms with Crippen LogP contribution in [0.2, 0.25) is 5.02 Å². The first-order chi connectivity index (χ1) is 20.3. The summed E-state index contributed by atoms with van der Waals surface area (Å²) in [5.41, 5.74) is -0.245. The number of alkyl halides is 3. The van der Waals surface area contributed by atoms with Gasteiger partial charge in [-0.2, -0.15) is 13.2 Å². The fourth-order valence-electron chi connectivity index (χ4n) is 4.21. The van der Waals surface area contributed by atoms with Crippen LogP contribution in [0.3, 0.4) is 0 Å². The van der Waals surface area contributed by atoms with Gasteiger partial charge in [0.25, 0.3) is 11.8 Å². The molecule has 220 valence electrons. The molecule has 2 aromatic heterocycles. The first kappa shape index (κ1) is 29.7. The van der Waals surface area contributed by atoms with E-state index >= 15 is 0 Å². The number of hydrogen-bond donors (Lipinski definition) is 2. The number of hydrogen-bond acceptors (Lipinski definition) is 7. The fourth-order valence-corrected chi connectivity index (χ4v) is 5.58. The Morgan fingerprint density at radius 3 is 2.44 bits per heavy atom. The molecule has 3 aromatic carbocycles. The van der Waals surface area contributed by atoms with Gasteiger partial charge in [0.05, 0.1) is 22.5 Å². The zero-order valence-electron chi connectivity index (χ0n) is 22.1. The van der Waals surface area contributed by atoms with Crippen molar-refractivity contribution >= 4 is 55.6 Å². The molecule has 14 heteroatoms. The second-order valence-corrected chi connectivity index (χ2v) is 11.7. The lowest BCUT2D eigenvalue weighted by Crippen LogP contribution is -2.20. The summed E-state index contributed by atoms with van der Waals surface area (Å²) < 4.78 is 71.2. The number of halogens is 4. The maximum atomic E-state index is 13.4. The number of sulfone groups is 1. The van der Waals surface area contributed by atoms with Crippen LogP contribution in [-0.4, -0.2) is 30.2 Å². The van der Waals surface area contributed by atoms with Crippen molar-refractivity contribution in [3.8, 4) is 0 Å². The Morgan fingerprint density at radius 1 is 0.953 bits per heavy atom. The minimum Gasteiger partial charge on any atom is -0.449 e. The van der Waals surface area contributed by atoms with E-state index in [0.29, 0.717) is 5.56 Å². The van der Waals surface area contributed by atoms with Gasteiger partial charge in [0.1, 0.15) is 11.3 Å². The summed E-state index contributed by atoms with van der Waals surface area (Å²) in [4.78, 5) is 34.3. The molecule has 0 unspecified atom stereocenters. The molecule has 0 saturated heterocycles. The summed E-state index contributed by atoms with van der Waals surface area (Å²) in [5.74, 6) is -2.80. The number of furan rings is 1. The van der Waals surface area contributed by atoms with Crippen molar-refractivity contribution < 1.29 is 35.6 Å². The van der Waals surface area contributed by atoms with E-state index in [-0.39, 0.29) is 27.4 Å². The Balaban J connectivity index is 1.46. The number of carbonyl (C=O) groups excluding carboxylic acids is 2. The number of fused-ring (bicyclic) bond motifs is 1. The SMILES string of the molecule is Cc1cccc(CS(=O)(=O)c2ncc(Cl)c(C(=O)Nc3c(C(=O)Nc4cccc(C(F)(F)F)c4)oc4ccccc34)n2)c1. The Kier molecular flexibility index (Phi) is 7.95. The van der Waals surface area contributed by atoms with E-state index in [4.69, 9.17) is 16.0 Å². The summed E-state index contributed by atoms with van der Waals surface area (Å²) >= 11 is 6.17. The monoisotopic (exact) mass is 628 g/mol. The van der Waals surface area contributed by atoms with Crippen LogP contribution in [0.4, 0.5) is 24.5 Å². The highest BCUT2D eigenvalue weighted by Crippen LogP contribution is 2.34. The average Bonchev–Trinajstić information content (AvgIpc) is 3.31. The lowest BCUT2D eigenvalue weighted by atomic mass is 10.2. The van der Waals surface area contributed by atoms with Gasteiger partial charge in [0.15, 0.2) is 5.69 Å². The first-order valence-electron chi connectivity index (χ1n) is 12.4. The zero-order valence-corrected chi connectivity index (χ0v) is 23.6. The molecule has 0 bridgehead atoms. The molecule has 2 heterocycles. The first-order valence-corrected chi connectivity index (χ1v) is 14.5. The fraction of sp³-hybridized carbons (Fsp3) is 0.103. The maximum absolute atomic E-state index is 13.4. The number of nitrogens with one attached hydrogen (secondary N) is 2. The predicted octanol–water partition coefficient (Wildman–Crippen LogP) is 6.68. The minimum atomic E-state index is -4.64. The number of aryl methyl sites for hydroxylation is 1. The lowest BCUT2D eigenvalue weighted by Gasteiger charge is -2.11. The molecule has 0 saturated carbocycles. The van der Waals surface area contributed by atoms with Gasteiger partial charge in [-0.3, -0.25) is 9.59 Å². The van der Waals surface area contributed by atoms with Crippen LogP contribution in [0.5, 0.6) is 0 Å². The third kappa shape index (κ3) is 6.52. The van der Waals surface area contributed by atoms with Crippen molar-refractivity contribution in [3.05, 3.63) is 112 Å². The maximum Gasteiger partial charge on any atom is 0.416 e. The van der Waals surface area contributed by atoms with Crippen molar-refractivity contribution in [2.45, 2.75) is 24.0 Å². The van der Waals surface area contributed by atoms with E-state index < -0.39 is 55.8 Å². The minimum absolute atomic E-state index is 0.135. The van der Waals surface area contributed by atoms with Crippen molar-refractivity contribution in [1.82, 2.24) is 9.97 Å². The van der Waals surface area contributed by atoms with Crippen molar-refractivity contribution in [2.75, 3.05) is 10.6 Å². The normalized spacial score (nSPS) is 11.8. The molecule has 0 aliphatic carbocycles. The van der Waals surface area contributed by atoms with Crippen LogP contribution in [0.15, 0.2) is 88.6 Å². The number of benzene rings is 3. The highest BCUT2D eigenvalue weighted by atomic mass is 35.5. The second kappa shape index (κ2) is 11.5. The Hall–Kier alpha value is -4.75. The standard InChI is InChI=1S/C29H20ClF3N4O5S/c1-16-6-4-7-17(12-16)15-43(40,41)28-34-14-21(30)24(37-28)26(38)36-23-20-10-2-3-11-22(20)42-25(23)27(39)35-19-9-5-8-18(13-19)29(31,32)33/h2-14H,15H2,1H3,(H,35,39)(H,36,38). The molecular formula is C29H20ClF3N4O5S. The molecule has 0 spiro atoms. The average molecular weight is 629 g/mol. The highest BCUT2D eigenvalue weighted by molar-refractivity contribution is 7.90. The van der Waals surface area contributed by atoms with Gasteiger partial charge in [-0.05, 0) is 42.8 Å². The Labute approximate surface area is 247 Å². The quantitative estimate of drug-likeness (QED) is 0.192. The molecule has 43 heavy (non-hydrogen) atoms. The summed E-state index contributed by atoms with van der Waals surface area (Å²) in [5, 5.41) is 4.20. The van der Waals surface area contributed by atoms with E-state index in [9.17, 15) is 31.2 Å². The van der Waals surface area contributed by atoms with Gasteiger partial charge in [-0.1, -0.05) is 59.6 Å². The number of nitrogens with zero attached hydrogens (tertiary/aromatic N) is 2. The molecule has 5 rings (SSSR count). The summed E-state index contributed by atoms with van der Waals surface area (Å²) in [6.45, 7) is 1.81. The highest BCUT2D eigenvalue weighted by Gasteiger charge is 2.31. The smallest absolute Gasteiger partial charge is 0.416 e. The molecule has 0 atom stereocenters. The van der Waals surface area contributed by atoms with Crippen molar-refractivity contribution in [1.29, 1.82) is 0 Å². The zero-order chi connectivity index (χ0) is 30.9.